The van der Waals surface area contributed by atoms with E-state index in [0.29, 0.717) is 18.8 Å². The maximum absolute atomic E-state index is 11.2. The molecule has 0 radical (unpaired) electrons. The van der Waals surface area contributed by atoms with E-state index in [0.717, 1.165) is 19.2 Å². The Bertz CT molecular complexity index is 567. The van der Waals surface area contributed by atoms with Crippen LogP contribution in [0, 0.1) is 10.1 Å². The zero-order chi connectivity index (χ0) is 15.6. The van der Waals surface area contributed by atoms with Crippen LogP contribution >= 0.6 is 0 Å². The van der Waals surface area contributed by atoms with Gasteiger partial charge in [-0.25, -0.2) is 4.79 Å². The van der Waals surface area contributed by atoms with Gasteiger partial charge in [0, 0.05) is 38.3 Å². The smallest absolute Gasteiger partial charge is 0.339 e. The molecule has 1 N–H and O–H groups in total. The molecule has 1 saturated heterocycles. The Balaban J connectivity index is 2.48. The van der Waals surface area contributed by atoms with Crippen molar-refractivity contribution in [3.8, 4) is 5.75 Å². The summed E-state index contributed by atoms with van der Waals surface area (Å²) in [4.78, 5) is 25.9. The minimum atomic E-state index is -1.25. The summed E-state index contributed by atoms with van der Waals surface area (Å²) < 4.78 is 5.05. The van der Waals surface area contributed by atoms with Gasteiger partial charge in [0.2, 0.25) is 0 Å². The van der Waals surface area contributed by atoms with Gasteiger partial charge in [-0.3, -0.25) is 10.1 Å². The zero-order valence-corrected chi connectivity index (χ0v) is 11.9. The summed E-state index contributed by atoms with van der Waals surface area (Å²) in [6, 6.07) is 2.50. The first kappa shape index (κ1) is 15.0. The molecule has 114 valence electrons. The van der Waals surface area contributed by atoms with E-state index < -0.39 is 10.9 Å². The second-order valence-corrected chi connectivity index (χ2v) is 4.89. The number of ether oxygens (including phenoxy) is 1. The molecule has 1 fully saturated rings. The zero-order valence-electron chi connectivity index (χ0n) is 11.9. The van der Waals surface area contributed by atoms with E-state index in [1.54, 1.807) is 0 Å². The summed E-state index contributed by atoms with van der Waals surface area (Å²) in [6.07, 6.45) is 0. The lowest BCUT2D eigenvalue weighted by atomic mass is 10.1. The van der Waals surface area contributed by atoms with Gasteiger partial charge in [0.15, 0.2) is 0 Å². The standard InChI is InChI=1S/C13H17N3O5/c1-14-3-5-15(6-4-14)10-8-12(21-2)9(13(17)18)7-11(10)16(19)20/h7-8H,3-6H2,1-2H3,(H,17,18). The molecular formula is C13H17N3O5. The first-order valence-corrected chi connectivity index (χ1v) is 6.47. The summed E-state index contributed by atoms with van der Waals surface area (Å²) in [5.41, 5.74) is -0.0187. The fourth-order valence-electron chi connectivity index (χ4n) is 2.34. The average Bonchev–Trinajstić information content (AvgIpc) is 2.46. The number of anilines is 1. The number of piperazine rings is 1. The molecule has 0 amide bonds. The number of hydrogen-bond acceptors (Lipinski definition) is 6. The van der Waals surface area contributed by atoms with Gasteiger partial charge >= 0.3 is 5.97 Å². The predicted octanol–water partition coefficient (Wildman–Crippen LogP) is 1.05. The van der Waals surface area contributed by atoms with E-state index in [1.807, 2.05) is 11.9 Å². The molecule has 1 heterocycles. The maximum Gasteiger partial charge on any atom is 0.339 e. The van der Waals surface area contributed by atoms with Crippen molar-refractivity contribution in [1.29, 1.82) is 0 Å². The largest absolute Gasteiger partial charge is 0.496 e. The van der Waals surface area contributed by atoms with E-state index in [-0.39, 0.29) is 17.0 Å². The van der Waals surface area contributed by atoms with Crippen molar-refractivity contribution in [2.75, 3.05) is 45.2 Å². The number of likely N-dealkylation sites (N-methyl/N-ethyl adjacent to an activating group) is 1. The van der Waals surface area contributed by atoms with Gasteiger partial charge in [-0.15, -0.1) is 0 Å². The fraction of sp³-hybridized carbons (Fsp3) is 0.462. The Labute approximate surface area is 121 Å². The maximum atomic E-state index is 11.2. The number of carboxylic acids is 1. The van der Waals surface area contributed by atoms with Gasteiger partial charge in [0.05, 0.1) is 12.0 Å². The number of methoxy groups -OCH3 is 1. The van der Waals surface area contributed by atoms with Crippen LogP contribution in [-0.4, -0.2) is 61.2 Å². The van der Waals surface area contributed by atoms with Crippen LogP contribution in [0.25, 0.3) is 0 Å². The van der Waals surface area contributed by atoms with Crippen molar-refractivity contribution < 1.29 is 19.6 Å². The number of hydrogen-bond donors (Lipinski definition) is 1. The quantitative estimate of drug-likeness (QED) is 0.655. The Hall–Kier alpha value is -2.35. The van der Waals surface area contributed by atoms with Crippen LogP contribution in [0.15, 0.2) is 12.1 Å². The number of nitrogens with zero attached hydrogens (tertiary/aromatic N) is 3. The lowest BCUT2D eigenvalue weighted by Gasteiger charge is -2.33. The topological polar surface area (TPSA) is 96.1 Å². The third kappa shape index (κ3) is 3.05. The highest BCUT2D eigenvalue weighted by atomic mass is 16.6. The van der Waals surface area contributed by atoms with Crippen LogP contribution in [0.5, 0.6) is 5.75 Å². The molecule has 8 nitrogen and oxygen atoms in total. The van der Waals surface area contributed by atoms with Crippen LogP contribution in [0.3, 0.4) is 0 Å². The lowest BCUT2D eigenvalue weighted by Crippen LogP contribution is -2.44. The molecule has 1 aromatic rings. The highest BCUT2D eigenvalue weighted by molar-refractivity contribution is 5.93. The summed E-state index contributed by atoms with van der Waals surface area (Å²) >= 11 is 0. The fourth-order valence-corrected chi connectivity index (χ4v) is 2.34. The van der Waals surface area contributed by atoms with E-state index in [4.69, 9.17) is 9.84 Å². The minimum Gasteiger partial charge on any atom is -0.496 e. The number of carboxylic acid groups (broad SMARTS) is 1. The van der Waals surface area contributed by atoms with Crippen molar-refractivity contribution in [2.24, 2.45) is 0 Å². The number of nitro groups is 1. The van der Waals surface area contributed by atoms with Crippen molar-refractivity contribution in [3.05, 3.63) is 27.8 Å². The Morgan fingerprint density at radius 2 is 1.95 bits per heavy atom. The summed E-state index contributed by atoms with van der Waals surface area (Å²) in [6.45, 7) is 2.88. The number of benzene rings is 1. The number of aromatic carboxylic acids is 1. The van der Waals surface area contributed by atoms with Gasteiger partial charge in [-0.2, -0.15) is 0 Å². The number of rotatable bonds is 4. The highest BCUT2D eigenvalue weighted by Crippen LogP contribution is 2.35. The van der Waals surface area contributed by atoms with Gasteiger partial charge in [0.1, 0.15) is 17.0 Å². The molecule has 1 aromatic carbocycles. The molecule has 21 heavy (non-hydrogen) atoms. The van der Waals surface area contributed by atoms with Gasteiger partial charge in [-0.1, -0.05) is 0 Å². The van der Waals surface area contributed by atoms with Gasteiger partial charge in [-0.05, 0) is 7.05 Å². The average molecular weight is 295 g/mol. The van der Waals surface area contributed by atoms with Gasteiger partial charge in [0.25, 0.3) is 5.69 Å². The van der Waals surface area contributed by atoms with Crippen LogP contribution in [0.4, 0.5) is 11.4 Å². The summed E-state index contributed by atoms with van der Waals surface area (Å²) in [7, 11) is 3.33. The highest BCUT2D eigenvalue weighted by Gasteiger charge is 2.27. The minimum absolute atomic E-state index is 0.127. The lowest BCUT2D eigenvalue weighted by molar-refractivity contribution is -0.384. The second-order valence-electron chi connectivity index (χ2n) is 4.89. The van der Waals surface area contributed by atoms with Crippen LogP contribution in [-0.2, 0) is 0 Å². The monoisotopic (exact) mass is 295 g/mol. The van der Waals surface area contributed by atoms with Crippen molar-refractivity contribution >= 4 is 17.3 Å². The second kappa shape index (κ2) is 5.96. The van der Waals surface area contributed by atoms with E-state index in [2.05, 4.69) is 4.90 Å². The first-order valence-electron chi connectivity index (χ1n) is 6.47. The Morgan fingerprint density at radius 3 is 2.43 bits per heavy atom. The molecule has 8 heteroatoms. The normalized spacial score (nSPS) is 15.8. The number of carbonyl (C=O) groups is 1. The third-order valence-electron chi connectivity index (χ3n) is 3.57. The molecular weight excluding hydrogens is 278 g/mol. The Morgan fingerprint density at radius 1 is 1.33 bits per heavy atom. The Kier molecular flexibility index (Phi) is 4.27. The van der Waals surface area contributed by atoms with Crippen LogP contribution in [0.1, 0.15) is 10.4 Å². The van der Waals surface area contributed by atoms with Crippen LogP contribution in [0.2, 0.25) is 0 Å². The van der Waals surface area contributed by atoms with E-state index in [9.17, 15) is 14.9 Å². The van der Waals surface area contributed by atoms with E-state index >= 15 is 0 Å². The number of nitro benzene ring substituents is 1. The first-order chi connectivity index (χ1) is 9.93. The molecule has 1 aliphatic heterocycles. The molecule has 0 atom stereocenters. The molecule has 0 spiro atoms. The van der Waals surface area contributed by atoms with Crippen molar-refractivity contribution in [3.63, 3.8) is 0 Å². The van der Waals surface area contributed by atoms with Crippen molar-refractivity contribution in [1.82, 2.24) is 4.90 Å². The van der Waals surface area contributed by atoms with Crippen molar-refractivity contribution in [2.45, 2.75) is 0 Å². The molecule has 2 rings (SSSR count). The van der Waals surface area contributed by atoms with Gasteiger partial charge < -0.3 is 19.6 Å². The molecule has 0 aliphatic carbocycles. The summed E-state index contributed by atoms with van der Waals surface area (Å²) in [5, 5.41) is 20.4. The molecule has 0 bridgehead atoms. The molecule has 0 aromatic heterocycles. The predicted molar refractivity (Wildman–Crippen MR) is 76.3 cm³/mol. The molecule has 1 aliphatic rings. The third-order valence-corrected chi connectivity index (χ3v) is 3.57. The summed E-state index contributed by atoms with van der Waals surface area (Å²) in [5.74, 6) is -1.12. The van der Waals surface area contributed by atoms with E-state index in [1.165, 1.54) is 13.2 Å². The molecule has 0 saturated carbocycles. The molecule has 0 unspecified atom stereocenters. The SMILES string of the molecule is COc1cc(N2CCN(C)CC2)c([N+](=O)[O-])cc1C(=O)O. The van der Waals surface area contributed by atoms with Crippen LogP contribution < -0.4 is 9.64 Å².